The standard InChI is InChI=1S/C22H24N2O3/c1-15-5-7-17(8-6-15)19(11-14-24-12-3-4-13-24)20-10-9-18(21(25)23-20)16(2)22(26)27/h5-11H,2-4,12-14H2,1H3,(H,23,25)(H,26,27)/b19-11+. The van der Waals surface area contributed by atoms with E-state index in [1.807, 2.05) is 31.2 Å². The number of carboxylic acid groups (broad SMARTS) is 1. The molecule has 0 spiro atoms. The van der Waals surface area contributed by atoms with E-state index < -0.39 is 11.5 Å². The van der Waals surface area contributed by atoms with Gasteiger partial charge in [0.1, 0.15) is 0 Å². The molecule has 0 aliphatic carbocycles. The average Bonchev–Trinajstić information content (AvgIpc) is 3.16. The van der Waals surface area contributed by atoms with Crippen molar-refractivity contribution in [2.75, 3.05) is 19.6 Å². The molecular formula is C22H24N2O3. The number of rotatable bonds is 6. The van der Waals surface area contributed by atoms with Gasteiger partial charge in [0.25, 0.3) is 5.56 Å². The Hall–Kier alpha value is -2.92. The molecule has 0 atom stereocenters. The summed E-state index contributed by atoms with van der Waals surface area (Å²) >= 11 is 0. The minimum absolute atomic E-state index is 0.0778. The largest absolute Gasteiger partial charge is 0.478 e. The molecule has 5 nitrogen and oxygen atoms in total. The van der Waals surface area contributed by atoms with Crippen LogP contribution in [0.1, 0.15) is 35.2 Å². The Morgan fingerprint density at radius 2 is 1.85 bits per heavy atom. The van der Waals surface area contributed by atoms with Crippen molar-refractivity contribution >= 4 is 17.1 Å². The summed E-state index contributed by atoms with van der Waals surface area (Å²) in [6.45, 7) is 8.50. The fourth-order valence-electron chi connectivity index (χ4n) is 3.29. The summed E-state index contributed by atoms with van der Waals surface area (Å²) in [6.07, 6.45) is 4.57. The maximum absolute atomic E-state index is 12.4. The zero-order valence-corrected chi connectivity index (χ0v) is 15.5. The molecule has 0 bridgehead atoms. The van der Waals surface area contributed by atoms with Gasteiger partial charge in [0.15, 0.2) is 0 Å². The van der Waals surface area contributed by atoms with Crippen LogP contribution < -0.4 is 5.56 Å². The van der Waals surface area contributed by atoms with Gasteiger partial charge in [-0.1, -0.05) is 42.5 Å². The molecule has 0 radical (unpaired) electrons. The van der Waals surface area contributed by atoms with Crippen LogP contribution in [0.5, 0.6) is 0 Å². The third-order valence-corrected chi connectivity index (χ3v) is 4.90. The Morgan fingerprint density at radius 1 is 1.19 bits per heavy atom. The van der Waals surface area contributed by atoms with Gasteiger partial charge in [-0.05, 0) is 50.6 Å². The number of aromatic amines is 1. The van der Waals surface area contributed by atoms with Crippen LogP contribution in [0.4, 0.5) is 0 Å². The monoisotopic (exact) mass is 364 g/mol. The molecule has 140 valence electrons. The number of carbonyl (C=O) groups is 1. The third kappa shape index (κ3) is 4.44. The second kappa shape index (κ2) is 8.18. The number of hydrogen-bond acceptors (Lipinski definition) is 3. The molecule has 1 aliphatic heterocycles. The summed E-state index contributed by atoms with van der Waals surface area (Å²) in [6, 6.07) is 11.4. The molecule has 3 rings (SSSR count). The zero-order chi connectivity index (χ0) is 19.4. The molecule has 0 saturated carbocycles. The molecule has 0 unspecified atom stereocenters. The fourth-order valence-corrected chi connectivity index (χ4v) is 3.29. The summed E-state index contributed by atoms with van der Waals surface area (Å²) in [4.78, 5) is 28.7. The molecule has 5 heteroatoms. The van der Waals surface area contributed by atoms with E-state index in [4.69, 9.17) is 5.11 Å². The first kappa shape index (κ1) is 18.9. The second-order valence-electron chi connectivity index (χ2n) is 6.89. The van der Waals surface area contributed by atoms with E-state index >= 15 is 0 Å². The van der Waals surface area contributed by atoms with E-state index in [9.17, 15) is 9.59 Å². The van der Waals surface area contributed by atoms with Crippen molar-refractivity contribution < 1.29 is 9.90 Å². The van der Waals surface area contributed by atoms with Gasteiger partial charge in [0, 0.05) is 17.8 Å². The predicted octanol–water partition coefficient (Wildman–Crippen LogP) is 3.31. The van der Waals surface area contributed by atoms with Crippen LogP contribution in [-0.2, 0) is 4.79 Å². The Kier molecular flexibility index (Phi) is 5.72. The predicted molar refractivity (Wildman–Crippen MR) is 108 cm³/mol. The molecule has 1 fully saturated rings. The number of hydrogen-bond donors (Lipinski definition) is 2. The number of nitrogens with one attached hydrogen (secondary N) is 1. The molecule has 0 amide bonds. The Balaban J connectivity index is 1.99. The summed E-state index contributed by atoms with van der Waals surface area (Å²) in [7, 11) is 0. The summed E-state index contributed by atoms with van der Waals surface area (Å²) in [5.74, 6) is -1.20. The van der Waals surface area contributed by atoms with Crippen molar-refractivity contribution in [3.63, 3.8) is 0 Å². The molecule has 27 heavy (non-hydrogen) atoms. The van der Waals surface area contributed by atoms with Crippen LogP contribution >= 0.6 is 0 Å². The summed E-state index contributed by atoms with van der Waals surface area (Å²) in [5.41, 5.74) is 3.21. The van der Waals surface area contributed by atoms with E-state index in [-0.39, 0.29) is 11.1 Å². The van der Waals surface area contributed by atoms with E-state index in [1.165, 1.54) is 24.5 Å². The lowest BCUT2D eigenvalue weighted by Crippen LogP contribution is -2.20. The van der Waals surface area contributed by atoms with Crippen LogP contribution in [0.2, 0.25) is 0 Å². The highest BCUT2D eigenvalue weighted by molar-refractivity contribution is 6.14. The minimum atomic E-state index is -1.20. The van der Waals surface area contributed by atoms with Gasteiger partial charge in [-0.25, -0.2) is 4.79 Å². The first-order valence-electron chi connectivity index (χ1n) is 9.11. The van der Waals surface area contributed by atoms with Gasteiger partial charge in [-0.15, -0.1) is 0 Å². The lowest BCUT2D eigenvalue weighted by Gasteiger charge is -2.15. The number of aryl methyl sites for hydroxylation is 1. The minimum Gasteiger partial charge on any atom is -0.478 e. The number of H-pyrrole nitrogens is 1. The summed E-state index contributed by atoms with van der Waals surface area (Å²) < 4.78 is 0. The number of carboxylic acids is 1. The Labute approximate surface area is 158 Å². The van der Waals surface area contributed by atoms with Gasteiger partial charge in [-0.3, -0.25) is 9.69 Å². The molecule has 1 aromatic heterocycles. The molecule has 2 heterocycles. The smallest absolute Gasteiger partial charge is 0.335 e. The van der Waals surface area contributed by atoms with Crippen molar-refractivity contribution in [3.8, 4) is 0 Å². The van der Waals surface area contributed by atoms with Gasteiger partial charge < -0.3 is 10.1 Å². The number of likely N-dealkylation sites (tertiary alicyclic amines) is 1. The van der Waals surface area contributed by atoms with Crippen LogP contribution in [0.25, 0.3) is 11.1 Å². The zero-order valence-electron chi connectivity index (χ0n) is 15.5. The van der Waals surface area contributed by atoms with Crippen molar-refractivity contribution in [2.24, 2.45) is 0 Å². The average molecular weight is 364 g/mol. The van der Waals surface area contributed by atoms with Crippen LogP contribution in [-0.4, -0.2) is 40.6 Å². The lowest BCUT2D eigenvalue weighted by atomic mass is 9.99. The van der Waals surface area contributed by atoms with Gasteiger partial charge in [0.05, 0.1) is 11.1 Å². The highest BCUT2D eigenvalue weighted by Crippen LogP contribution is 2.23. The highest BCUT2D eigenvalue weighted by Gasteiger charge is 2.15. The van der Waals surface area contributed by atoms with Gasteiger partial charge >= 0.3 is 5.97 Å². The number of aromatic nitrogens is 1. The normalized spacial score (nSPS) is 15.1. The SMILES string of the molecule is C=C(C(=O)O)c1ccc(/C(=C/CN2CCCC2)c2ccc(C)cc2)[nH]c1=O. The maximum Gasteiger partial charge on any atom is 0.335 e. The molecule has 2 N–H and O–H groups in total. The summed E-state index contributed by atoms with van der Waals surface area (Å²) in [5, 5.41) is 9.08. The topological polar surface area (TPSA) is 73.4 Å². The van der Waals surface area contributed by atoms with Crippen molar-refractivity contribution in [3.05, 3.63) is 81.8 Å². The number of nitrogens with zero attached hydrogens (tertiary/aromatic N) is 1. The van der Waals surface area contributed by atoms with E-state index in [1.54, 1.807) is 6.07 Å². The van der Waals surface area contributed by atoms with Crippen LogP contribution in [0.3, 0.4) is 0 Å². The van der Waals surface area contributed by atoms with E-state index in [0.29, 0.717) is 5.69 Å². The fraction of sp³-hybridized carbons (Fsp3) is 0.273. The maximum atomic E-state index is 12.4. The quantitative estimate of drug-likeness (QED) is 0.772. The van der Waals surface area contributed by atoms with Gasteiger partial charge in [0.2, 0.25) is 0 Å². The molecule has 2 aromatic rings. The van der Waals surface area contributed by atoms with Crippen molar-refractivity contribution in [1.29, 1.82) is 0 Å². The van der Waals surface area contributed by atoms with Crippen LogP contribution in [0.15, 0.2) is 53.8 Å². The van der Waals surface area contributed by atoms with Gasteiger partial charge in [-0.2, -0.15) is 0 Å². The Morgan fingerprint density at radius 3 is 2.44 bits per heavy atom. The highest BCUT2D eigenvalue weighted by atomic mass is 16.4. The van der Waals surface area contributed by atoms with Crippen molar-refractivity contribution in [1.82, 2.24) is 9.88 Å². The van der Waals surface area contributed by atoms with E-state index in [2.05, 4.69) is 22.5 Å². The Bertz CT molecular complexity index is 933. The van der Waals surface area contributed by atoms with Crippen molar-refractivity contribution in [2.45, 2.75) is 19.8 Å². The number of pyridine rings is 1. The molecule has 1 aliphatic rings. The lowest BCUT2D eigenvalue weighted by molar-refractivity contribution is -0.130. The molecular weight excluding hydrogens is 340 g/mol. The first-order valence-corrected chi connectivity index (χ1v) is 9.11. The number of benzene rings is 1. The third-order valence-electron chi connectivity index (χ3n) is 4.90. The van der Waals surface area contributed by atoms with Crippen LogP contribution in [0, 0.1) is 6.92 Å². The number of aliphatic carboxylic acids is 1. The molecule has 1 saturated heterocycles. The second-order valence-corrected chi connectivity index (χ2v) is 6.89. The molecule has 1 aromatic carbocycles. The van der Waals surface area contributed by atoms with E-state index in [0.717, 1.165) is 30.8 Å². The first-order chi connectivity index (χ1) is 13.0.